The molecule has 0 saturated heterocycles. The standard InChI is InChI=1S/C11H22/c1-5-7-8-9-11(4)10(3)6-2/h5-9H2,1-4H3. The van der Waals surface area contributed by atoms with Crippen LogP contribution in [0.15, 0.2) is 11.1 Å². The van der Waals surface area contributed by atoms with Crippen LogP contribution in [0.4, 0.5) is 0 Å². The van der Waals surface area contributed by atoms with Gasteiger partial charge in [0, 0.05) is 0 Å². The molecule has 0 aliphatic rings. The number of unbranched alkanes of at least 4 members (excludes halogenated alkanes) is 2. The van der Waals surface area contributed by atoms with Gasteiger partial charge >= 0.3 is 0 Å². The molecule has 0 aliphatic heterocycles. The zero-order valence-corrected chi connectivity index (χ0v) is 8.54. The molecule has 11 heavy (non-hydrogen) atoms. The van der Waals surface area contributed by atoms with Crippen molar-refractivity contribution in [3.05, 3.63) is 11.1 Å². The topological polar surface area (TPSA) is 0 Å². The van der Waals surface area contributed by atoms with E-state index in [4.69, 9.17) is 0 Å². The lowest BCUT2D eigenvalue weighted by atomic mass is 10.0. The first kappa shape index (κ1) is 10.7. The molecule has 0 rings (SSSR count). The Morgan fingerprint density at radius 2 is 1.55 bits per heavy atom. The number of rotatable bonds is 5. The van der Waals surface area contributed by atoms with Gasteiger partial charge < -0.3 is 0 Å². The zero-order chi connectivity index (χ0) is 8.69. The molecule has 66 valence electrons. The van der Waals surface area contributed by atoms with E-state index in [0.717, 1.165) is 0 Å². The summed E-state index contributed by atoms with van der Waals surface area (Å²) < 4.78 is 0. The van der Waals surface area contributed by atoms with Gasteiger partial charge in [0.25, 0.3) is 0 Å². The smallest absolute Gasteiger partial charge is 0.0321 e. The van der Waals surface area contributed by atoms with E-state index < -0.39 is 0 Å². The highest BCUT2D eigenvalue weighted by molar-refractivity contribution is 5.08. The molecule has 0 heterocycles. The van der Waals surface area contributed by atoms with Gasteiger partial charge in [-0.1, -0.05) is 37.8 Å². The monoisotopic (exact) mass is 154 g/mol. The third kappa shape index (κ3) is 5.06. The summed E-state index contributed by atoms with van der Waals surface area (Å²) in [5, 5.41) is 0. The van der Waals surface area contributed by atoms with E-state index in [1.54, 1.807) is 11.1 Å². The molecule has 0 fully saturated rings. The Morgan fingerprint density at radius 3 is 2.00 bits per heavy atom. The Labute approximate surface area is 71.7 Å². The molecule has 0 N–H and O–H groups in total. The molecule has 0 amide bonds. The van der Waals surface area contributed by atoms with E-state index in [-0.39, 0.29) is 0 Å². The van der Waals surface area contributed by atoms with Crippen molar-refractivity contribution >= 4 is 0 Å². The molecule has 0 spiro atoms. The molecule has 0 nitrogen and oxygen atoms in total. The number of hydrogen-bond acceptors (Lipinski definition) is 0. The predicted molar refractivity (Wildman–Crippen MR) is 52.8 cm³/mol. The summed E-state index contributed by atoms with van der Waals surface area (Å²) in [7, 11) is 0. The first-order valence-electron chi connectivity index (χ1n) is 4.87. The van der Waals surface area contributed by atoms with E-state index in [0.29, 0.717) is 0 Å². The van der Waals surface area contributed by atoms with Crippen molar-refractivity contribution in [1.29, 1.82) is 0 Å². The van der Waals surface area contributed by atoms with E-state index in [9.17, 15) is 0 Å². The van der Waals surface area contributed by atoms with Gasteiger partial charge in [0.2, 0.25) is 0 Å². The number of hydrogen-bond donors (Lipinski definition) is 0. The average Bonchev–Trinajstić information content (AvgIpc) is 2.03. The van der Waals surface area contributed by atoms with Gasteiger partial charge in [-0.2, -0.15) is 0 Å². The summed E-state index contributed by atoms with van der Waals surface area (Å²) in [5.74, 6) is 0. The minimum Gasteiger partial charge on any atom is -0.0747 e. The van der Waals surface area contributed by atoms with Crippen LogP contribution in [-0.4, -0.2) is 0 Å². The Bertz CT molecular complexity index is 120. The van der Waals surface area contributed by atoms with Crippen molar-refractivity contribution in [2.75, 3.05) is 0 Å². The highest BCUT2D eigenvalue weighted by atomic mass is 14.0. The fourth-order valence-corrected chi connectivity index (χ4v) is 1.16. The number of allylic oxidation sites excluding steroid dienone is 2. The molecule has 0 saturated carbocycles. The molecule has 0 radical (unpaired) electrons. The summed E-state index contributed by atoms with van der Waals surface area (Å²) >= 11 is 0. The third-order valence-corrected chi connectivity index (χ3v) is 2.41. The summed E-state index contributed by atoms with van der Waals surface area (Å²) in [4.78, 5) is 0. The molecule has 0 aliphatic carbocycles. The van der Waals surface area contributed by atoms with E-state index in [1.165, 1.54) is 32.1 Å². The Balaban J connectivity index is 3.58. The van der Waals surface area contributed by atoms with Crippen molar-refractivity contribution < 1.29 is 0 Å². The molecule has 0 aromatic heterocycles. The maximum absolute atomic E-state index is 2.27. The van der Waals surface area contributed by atoms with Gasteiger partial charge in [-0.15, -0.1) is 0 Å². The first-order valence-corrected chi connectivity index (χ1v) is 4.87. The largest absolute Gasteiger partial charge is 0.0747 e. The highest BCUT2D eigenvalue weighted by Gasteiger charge is 1.93. The highest BCUT2D eigenvalue weighted by Crippen LogP contribution is 2.14. The molecular weight excluding hydrogens is 132 g/mol. The summed E-state index contributed by atoms with van der Waals surface area (Å²) in [5.41, 5.74) is 3.20. The Hall–Kier alpha value is -0.260. The lowest BCUT2D eigenvalue weighted by molar-refractivity contribution is 0.707. The average molecular weight is 154 g/mol. The van der Waals surface area contributed by atoms with Crippen molar-refractivity contribution in [1.82, 2.24) is 0 Å². The van der Waals surface area contributed by atoms with Gasteiger partial charge in [0.05, 0.1) is 0 Å². The Morgan fingerprint density at radius 1 is 0.909 bits per heavy atom. The van der Waals surface area contributed by atoms with Crippen LogP contribution in [0.2, 0.25) is 0 Å². The van der Waals surface area contributed by atoms with Gasteiger partial charge in [-0.25, -0.2) is 0 Å². The fourth-order valence-electron chi connectivity index (χ4n) is 1.16. The first-order chi connectivity index (χ1) is 5.22. The lowest BCUT2D eigenvalue weighted by Gasteiger charge is -2.04. The SMILES string of the molecule is CCCCCC(C)=C(C)CC. The van der Waals surface area contributed by atoms with Crippen LogP contribution in [0.5, 0.6) is 0 Å². The Kier molecular flexibility index (Phi) is 6.30. The van der Waals surface area contributed by atoms with Crippen LogP contribution in [0.25, 0.3) is 0 Å². The van der Waals surface area contributed by atoms with E-state index in [1.807, 2.05) is 0 Å². The van der Waals surface area contributed by atoms with Crippen LogP contribution in [-0.2, 0) is 0 Å². The zero-order valence-electron chi connectivity index (χ0n) is 8.54. The molecule has 0 aromatic rings. The quantitative estimate of drug-likeness (QED) is 0.409. The summed E-state index contributed by atoms with van der Waals surface area (Å²) in [6.45, 7) is 9.01. The van der Waals surface area contributed by atoms with Crippen molar-refractivity contribution in [2.45, 2.75) is 59.8 Å². The van der Waals surface area contributed by atoms with Gasteiger partial charge in [-0.05, 0) is 33.1 Å². The molecule has 0 atom stereocenters. The van der Waals surface area contributed by atoms with Gasteiger partial charge in [-0.3, -0.25) is 0 Å². The summed E-state index contributed by atoms with van der Waals surface area (Å²) in [6.07, 6.45) is 6.62. The van der Waals surface area contributed by atoms with E-state index >= 15 is 0 Å². The van der Waals surface area contributed by atoms with Crippen molar-refractivity contribution in [3.63, 3.8) is 0 Å². The van der Waals surface area contributed by atoms with Crippen LogP contribution >= 0.6 is 0 Å². The van der Waals surface area contributed by atoms with Crippen LogP contribution in [0.3, 0.4) is 0 Å². The minimum atomic E-state index is 1.22. The fraction of sp³-hybridized carbons (Fsp3) is 0.818. The molecule has 0 unspecified atom stereocenters. The molecular formula is C11H22. The van der Waals surface area contributed by atoms with E-state index in [2.05, 4.69) is 27.7 Å². The van der Waals surface area contributed by atoms with Crippen molar-refractivity contribution in [2.24, 2.45) is 0 Å². The van der Waals surface area contributed by atoms with Gasteiger partial charge in [0.1, 0.15) is 0 Å². The van der Waals surface area contributed by atoms with Crippen LogP contribution in [0.1, 0.15) is 59.8 Å². The third-order valence-electron chi connectivity index (χ3n) is 2.41. The molecule has 0 aromatic carbocycles. The van der Waals surface area contributed by atoms with Gasteiger partial charge in [0.15, 0.2) is 0 Å². The van der Waals surface area contributed by atoms with Crippen LogP contribution in [0, 0.1) is 0 Å². The minimum absolute atomic E-state index is 1.22. The molecule has 0 heteroatoms. The molecule has 0 bridgehead atoms. The van der Waals surface area contributed by atoms with Crippen LogP contribution < -0.4 is 0 Å². The lowest BCUT2D eigenvalue weighted by Crippen LogP contribution is -1.83. The second-order valence-electron chi connectivity index (χ2n) is 3.37. The summed E-state index contributed by atoms with van der Waals surface area (Å²) in [6, 6.07) is 0. The maximum Gasteiger partial charge on any atom is -0.0321 e. The normalized spacial score (nSPS) is 13.1. The second-order valence-corrected chi connectivity index (χ2v) is 3.37. The van der Waals surface area contributed by atoms with Crippen molar-refractivity contribution in [3.8, 4) is 0 Å². The predicted octanol–water partition coefficient (Wildman–Crippen LogP) is 4.31. The maximum atomic E-state index is 2.27. The second kappa shape index (κ2) is 6.45.